The fourth-order valence-electron chi connectivity index (χ4n) is 4.49. The normalized spacial score (nSPS) is 17.7. The van der Waals surface area contributed by atoms with Crippen molar-refractivity contribution in [1.82, 2.24) is 4.72 Å². The zero-order chi connectivity index (χ0) is 23.1. The lowest BCUT2D eigenvalue weighted by Crippen LogP contribution is -2.50. The van der Waals surface area contributed by atoms with Gasteiger partial charge in [-0.1, -0.05) is 82.7 Å². The molecule has 1 aliphatic rings. The molecule has 0 aliphatic carbocycles. The molecule has 0 bridgehead atoms. The molecule has 4 aromatic rings. The number of carbonyl (C=O) groups is 1. The molecule has 166 valence electrons. The quantitative estimate of drug-likeness (QED) is 0.401. The van der Waals surface area contributed by atoms with Crippen LogP contribution in [0.25, 0.3) is 10.8 Å². The van der Waals surface area contributed by atoms with Crippen molar-refractivity contribution in [3.63, 3.8) is 0 Å². The van der Waals surface area contributed by atoms with Crippen molar-refractivity contribution in [2.75, 3.05) is 6.61 Å². The number of amides is 1. The lowest BCUT2D eigenvalue weighted by Gasteiger charge is -2.38. The van der Waals surface area contributed by atoms with Crippen LogP contribution in [0, 0.1) is 0 Å². The molecule has 1 N–H and O–H groups in total. The SMILES string of the molecule is O=C(NS(=O)(=O)c1cccc2ccccc12)[C@]1(c2ccccc2)CCOc2ccc(Br)cc21. The molecule has 0 unspecified atom stereocenters. The van der Waals surface area contributed by atoms with Crippen LogP contribution >= 0.6 is 15.9 Å². The number of sulfonamides is 1. The van der Waals surface area contributed by atoms with E-state index in [2.05, 4.69) is 20.7 Å². The van der Waals surface area contributed by atoms with Crippen LogP contribution in [0.5, 0.6) is 5.75 Å². The van der Waals surface area contributed by atoms with Crippen molar-refractivity contribution in [2.24, 2.45) is 0 Å². The summed E-state index contributed by atoms with van der Waals surface area (Å²) in [5, 5.41) is 1.34. The van der Waals surface area contributed by atoms with Gasteiger partial charge < -0.3 is 4.74 Å². The second-order valence-corrected chi connectivity index (χ2v) is 10.5. The number of benzene rings is 4. The number of hydrogen-bond donors (Lipinski definition) is 1. The third kappa shape index (κ3) is 3.71. The topological polar surface area (TPSA) is 72.5 Å². The maximum absolute atomic E-state index is 14.0. The van der Waals surface area contributed by atoms with E-state index in [-0.39, 0.29) is 11.5 Å². The summed E-state index contributed by atoms with van der Waals surface area (Å²) in [5.74, 6) is -0.0460. The zero-order valence-electron chi connectivity index (χ0n) is 17.5. The van der Waals surface area contributed by atoms with Gasteiger partial charge in [-0.05, 0) is 35.2 Å². The Morgan fingerprint density at radius 2 is 1.64 bits per heavy atom. The second kappa shape index (κ2) is 8.32. The highest BCUT2D eigenvalue weighted by molar-refractivity contribution is 9.10. The van der Waals surface area contributed by atoms with Gasteiger partial charge in [0.1, 0.15) is 11.2 Å². The van der Waals surface area contributed by atoms with E-state index < -0.39 is 21.3 Å². The minimum atomic E-state index is -4.15. The molecule has 0 saturated heterocycles. The Morgan fingerprint density at radius 3 is 2.45 bits per heavy atom. The Bertz CT molecular complexity index is 1470. The van der Waals surface area contributed by atoms with Crippen molar-refractivity contribution < 1.29 is 17.9 Å². The highest BCUT2D eigenvalue weighted by atomic mass is 79.9. The van der Waals surface area contributed by atoms with Gasteiger partial charge in [-0.25, -0.2) is 13.1 Å². The average molecular weight is 522 g/mol. The number of ether oxygens (including phenoxy) is 1. The van der Waals surface area contributed by atoms with E-state index in [0.29, 0.717) is 28.7 Å². The van der Waals surface area contributed by atoms with E-state index >= 15 is 0 Å². The summed E-state index contributed by atoms with van der Waals surface area (Å²) in [6.07, 6.45) is 0.303. The van der Waals surface area contributed by atoms with Gasteiger partial charge in [0.25, 0.3) is 10.0 Å². The van der Waals surface area contributed by atoms with Gasteiger partial charge in [0.15, 0.2) is 0 Å². The molecule has 0 radical (unpaired) electrons. The zero-order valence-corrected chi connectivity index (χ0v) is 19.9. The fraction of sp³-hybridized carbons (Fsp3) is 0.115. The summed E-state index contributed by atoms with van der Waals surface area (Å²) in [6.45, 7) is 0.283. The molecule has 0 aromatic heterocycles. The lowest BCUT2D eigenvalue weighted by molar-refractivity contribution is -0.124. The second-order valence-electron chi connectivity index (χ2n) is 7.92. The third-order valence-corrected chi connectivity index (χ3v) is 7.94. The molecule has 5 rings (SSSR count). The number of rotatable bonds is 4. The summed E-state index contributed by atoms with van der Waals surface area (Å²) < 4.78 is 36.0. The highest BCUT2D eigenvalue weighted by Gasteiger charge is 2.47. The Balaban J connectivity index is 1.66. The molecule has 1 atom stereocenters. The summed E-state index contributed by atoms with van der Waals surface area (Å²) in [7, 11) is -4.15. The predicted molar refractivity (Wildman–Crippen MR) is 131 cm³/mol. The number of fused-ring (bicyclic) bond motifs is 2. The van der Waals surface area contributed by atoms with Crippen molar-refractivity contribution >= 4 is 42.6 Å². The Hall–Kier alpha value is -3.16. The summed E-state index contributed by atoms with van der Waals surface area (Å²) in [5.41, 5.74) is 0.106. The molecule has 5 nitrogen and oxygen atoms in total. The standard InChI is InChI=1S/C26H20BrNO4S/c27-20-13-14-23-22(17-20)26(15-16-32-23,19-9-2-1-3-10-19)25(29)28-33(30,31)24-12-6-8-18-7-4-5-11-21(18)24/h1-14,17H,15-16H2,(H,28,29)/t26-/m0/s1. The molecule has 0 fully saturated rings. The Kier molecular flexibility index (Phi) is 5.46. The molecular formula is C26H20BrNO4S. The summed E-state index contributed by atoms with van der Waals surface area (Å²) >= 11 is 3.48. The van der Waals surface area contributed by atoms with Gasteiger partial charge in [-0.2, -0.15) is 0 Å². The van der Waals surface area contributed by atoms with Gasteiger partial charge in [0.05, 0.1) is 11.5 Å². The maximum Gasteiger partial charge on any atom is 0.264 e. The van der Waals surface area contributed by atoms with Crippen LogP contribution in [-0.2, 0) is 20.2 Å². The summed E-state index contributed by atoms with van der Waals surface area (Å²) in [6, 6.07) is 26.9. The van der Waals surface area contributed by atoms with Crippen LogP contribution in [0.3, 0.4) is 0 Å². The minimum Gasteiger partial charge on any atom is -0.493 e. The highest BCUT2D eigenvalue weighted by Crippen LogP contribution is 2.45. The Labute approximate surface area is 200 Å². The minimum absolute atomic E-state index is 0.0682. The first-order valence-electron chi connectivity index (χ1n) is 10.5. The Morgan fingerprint density at radius 1 is 0.909 bits per heavy atom. The van der Waals surface area contributed by atoms with Gasteiger partial charge in [0, 0.05) is 21.8 Å². The van der Waals surface area contributed by atoms with Crippen molar-refractivity contribution in [2.45, 2.75) is 16.7 Å². The van der Waals surface area contributed by atoms with E-state index in [1.807, 2.05) is 60.7 Å². The van der Waals surface area contributed by atoms with Crippen LogP contribution in [0.1, 0.15) is 17.5 Å². The van der Waals surface area contributed by atoms with Crippen LogP contribution in [0.2, 0.25) is 0 Å². The molecule has 1 amide bonds. The van der Waals surface area contributed by atoms with E-state index in [4.69, 9.17) is 4.74 Å². The third-order valence-electron chi connectivity index (χ3n) is 6.06. The molecule has 4 aromatic carbocycles. The monoisotopic (exact) mass is 521 g/mol. The van der Waals surface area contributed by atoms with E-state index in [1.54, 1.807) is 24.3 Å². The van der Waals surface area contributed by atoms with Gasteiger partial charge in [-0.15, -0.1) is 0 Å². The molecule has 0 saturated carbocycles. The fourth-order valence-corrected chi connectivity index (χ4v) is 6.12. The molecule has 1 heterocycles. The van der Waals surface area contributed by atoms with E-state index in [0.717, 1.165) is 9.86 Å². The van der Waals surface area contributed by atoms with Crippen molar-refractivity contribution in [1.29, 1.82) is 0 Å². The first-order chi connectivity index (χ1) is 15.9. The summed E-state index contributed by atoms with van der Waals surface area (Å²) in [4.78, 5) is 14.0. The molecule has 33 heavy (non-hydrogen) atoms. The van der Waals surface area contributed by atoms with Gasteiger partial charge in [0.2, 0.25) is 5.91 Å². The molecule has 0 spiro atoms. The van der Waals surface area contributed by atoms with Crippen LogP contribution in [0.15, 0.2) is 100 Å². The number of nitrogens with one attached hydrogen (secondary N) is 1. The van der Waals surface area contributed by atoms with Crippen LogP contribution in [0.4, 0.5) is 0 Å². The van der Waals surface area contributed by atoms with Gasteiger partial charge in [-0.3, -0.25) is 4.79 Å². The number of hydrogen-bond acceptors (Lipinski definition) is 4. The first kappa shape index (κ1) is 21.7. The smallest absolute Gasteiger partial charge is 0.264 e. The largest absolute Gasteiger partial charge is 0.493 e. The maximum atomic E-state index is 14.0. The number of carbonyl (C=O) groups excluding carboxylic acids is 1. The lowest BCUT2D eigenvalue weighted by atomic mass is 9.70. The molecule has 1 aliphatic heterocycles. The number of halogens is 1. The predicted octanol–water partition coefficient (Wildman–Crippen LogP) is 5.18. The van der Waals surface area contributed by atoms with Crippen LogP contribution in [-0.4, -0.2) is 20.9 Å². The molecular weight excluding hydrogens is 502 g/mol. The van der Waals surface area contributed by atoms with Crippen molar-refractivity contribution in [3.05, 3.63) is 107 Å². The first-order valence-corrected chi connectivity index (χ1v) is 12.7. The van der Waals surface area contributed by atoms with Crippen molar-refractivity contribution in [3.8, 4) is 5.75 Å². The van der Waals surface area contributed by atoms with E-state index in [1.165, 1.54) is 6.07 Å². The van der Waals surface area contributed by atoms with Gasteiger partial charge >= 0.3 is 0 Å². The average Bonchev–Trinajstić information content (AvgIpc) is 2.83. The van der Waals surface area contributed by atoms with Crippen LogP contribution < -0.4 is 9.46 Å². The molecule has 7 heteroatoms. The van der Waals surface area contributed by atoms with E-state index in [9.17, 15) is 13.2 Å².